The molecule has 1 aromatic rings. The Morgan fingerprint density at radius 2 is 2.24 bits per heavy atom. The van der Waals surface area contributed by atoms with Crippen LogP contribution in [0, 0.1) is 5.92 Å². The lowest BCUT2D eigenvalue weighted by molar-refractivity contribution is 0.552. The van der Waals surface area contributed by atoms with Crippen LogP contribution in [0.5, 0.6) is 0 Å². The summed E-state index contributed by atoms with van der Waals surface area (Å²) in [6.07, 6.45) is 1.79. The lowest BCUT2D eigenvalue weighted by atomic mass is 10.1. The van der Waals surface area contributed by atoms with E-state index in [9.17, 15) is 0 Å². The molecule has 1 saturated heterocycles. The van der Waals surface area contributed by atoms with Gasteiger partial charge in [-0.05, 0) is 37.9 Å². The molecule has 0 spiro atoms. The molecule has 1 aliphatic rings. The molecule has 1 aliphatic heterocycles. The lowest BCUT2D eigenvalue weighted by Gasteiger charge is -2.38. The smallest absolute Gasteiger partial charge is 0.128 e. The zero-order valence-electron chi connectivity index (χ0n) is 13.4. The number of pyridine rings is 1. The van der Waals surface area contributed by atoms with Crippen molar-refractivity contribution >= 4 is 29.2 Å². The highest BCUT2D eigenvalue weighted by molar-refractivity contribution is 8.00. The van der Waals surface area contributed by atoms with Crippen molar-refractivity contribution < 1.29 is 0 Å². The first-order valence-corrected chi connectivity index (χ1v) is 8.98. The van der Waals surface area contributed by atoms with E-state index < -0.39 is 0 Å². The van der Waals surface area contributed by atoms with Crippen LogP contribution in [0.15, 0.2) is 12.3 Å². The van der Waals surface area contributed by atoms with Gasteiger partial charge in [-0.3, -0.25) is 0 Å². The van der Waals surface area contributed by atoms with Crippen molar-refractivity contribution in [3.8, 4) is 0 Å². The monoisotopic (exact) mass is 327 g/mol. The van der Waals surface area contributed by atoms with Crippen LogP contribution in [-0.2, 0) is 6.54 Å². The summed E-state index contributed by atoms with van der Waals surface area (Å²) in [5.74, 6) is 2.84. The first-order chi connectivity index (χ1) is 9.87. The van der Waals surface area contributed by atoms with E-state index in [1.54, 1.807) is 6.20 Å². The van der Waals surface area contributed by atoms with Crippen LogP contribution < -0.4 is 10.2 Å². The standard InChI is InChI=1S/C16H26ClN3S/c1-12(2)8-18-9-13-7-15(19-10-14(13)17)20-5-6-21-16(3,4)11-20/h7,10,12,18H,5-6,8-9,11H2,1-4H3. The minimum atomic E-state index is 0.287. The highest BCUT2D eigenvalue weighted by atomic mass is 35.5. The van der Waals surface area contributed by atoms with Gasteiger partial charge in [-0.2, -0.15) is 11.8 Å². The van der Waals surface area contributed by atoms with Crippen LogP contribution in [0.3, 0.4) is 0 Å². The van der Waals surface area contributed by atoms with Gasteiger partial charge in [-0.1, -0.05) is 25.4 Å². The maximum Gasteiger partial charge on any atom is 0.128 e. The molecule has 0 radical (unpaired) electrons. The van der Waals surface area contributed by atoms with Gasteiger partial charge in [-0.15, -0.1) is 0 Å². The summed E-state index contributed by atoms with van der Waals surface area (Å²) >= 11 is 8.32. The Balaban J connectivity index is 2.07. The van der Waals surface area contributed by atoms with Crippen LogP contribution in [-0.4, -0.2) is 35.1 Å². The molecule has 2 rings (SSSR count). The Morgan fingerprint density at radius 3 is 2.90 bits per heavy atom. The third-order valence-electron chi connectivity index (χ3n) is 3.54. The van der Waals surface area contributed by atoms with Crippen LogP contribution in [0.4, 0.5) is 5.82 Å². The lowest BCUT2D eigenvalue weighted by Crippen LogP contribution is -2.43. The summed E-state index contributed by atoms with van der Waals surface area (Å²) in [6, 6.07) is 2.14. The molecule has 0 aromatic carbocycles. The number of hydrogen-bond donors (Lipinski definition) is 1. The largest absolute Gasteiger partial charge is 0.354 e. The van der Waals surface area contributed by atoms with Crippen molar-refractivity contribution in [2.45, 2.75) is 39.0 Å². The summed E-state index contributed by atoms with van der Waals surface area (Å²) in [7, 11) is 0. The maximum atomic E-state index is 6.28. The van der Waals surface area contributed by atoms with E-state index in [0.29, 0.717) is 5.92 Å². The van der Waals surface area contributed by atoms with Crippen LogP contribution in [0.2, 0.25) is 5.02 Å². The first-order valence-electron chi connectivity index (χ1n) is 7.61. The van der Waals surface area contributed by atoms with Gasteiger partial charge in [0.05, 0.1) is 5.02 Å². The van der Waals surface area contributed by atoms with E-state index in [-0.39, 0.29) is 4.75 Å². The quantitative estimate of drug-likeness (QED) is 0.890. The molecule has 0 unspecified atom stereocenters. The van der Waals surface area contributed by atoms with E-state index in [1.807, 2.05) is 11.8 Å². The second-order valence-electron chi connectivity index (χ2n) is 6.69. The van der Waals surface area contributed by atoms with Crippen molar-refractivity contribution in [1.82, 2.24) is 10.3 Å². The molecule has 0 atom stereocenters. The van der Waals surface area contributed by atoms with Crippen molar-refractivity contribution in [2.24, 2.45) is 5.92 Å². The van der Waals surface area contributed by atoms with E-state index in [4.69, 9.17) is 11.6 Å². The van der Waals surface area contributed by atoms with Crippen LogP contribution in [0.25, 0.3) is 0 Å². The fourth-order valence-electron chi connectivity index (χ4n) is 2.48. The Kier molecular flexibility index (Phi) is 5.81. The van der Waals surface area contributed by atoms with Crippen molar-refractivity contribution in [1.29, 1.82) is 0 Å². The van der Waals surface area contributed by atoms with E-state index in [1.165, 1.54) is 0 Å². The van der Waals surface area contributed by atoms with Crippen LogP contribution in [0.1, 0.15) is 33.3 Å². The summed E-state index contributed by atoms with van der Waals surface area (Å²) in [5.41, 5.74) is 1.14. The van der Waals surface area contributed by atoms with Crippen molar-refractivity contribution in [2.75, 3.05) is 30.3 Å². The molecule has 1 N–H and O–H groups in total. The number of thioether (sulfide) groups is 1. The average molecular weight is 328 g/mol. The summed E-state index contributed by atoms with van der Waals surface area (Å²) < 4.78 is 0.287. The van der Waals surface area contributed by atoms with Gasteiger partial charge in [0.25, 0.3) is 0 Å². The first kappa shape index (κ1) is 16.9. The van der Waals surface area contributed by atoms with Gasteiger partial charge in [-0.25, -0.2) is 4.98 Å². The minimum absolute atomic E-state index is 0.287. The highest BCUT2D eigenvalue weighted by Crippen LogP contribution is 2.32. The number of aromatic nitrogens is 1. The zero-order chi connectivity index (χ0) is 15.5. The maximum absolute atomic E-state index is 6.28. The number of halogens is 1. The normalized spacial score (nSPS) is 18.3. The molecular formula is C16H26ClN3S. The fraction of sp³-hybridized carbons (Fsp3) is 0.688. The average Bonchev–Trinajstić information content (AvgIpc) is 2.39. The predicted molar refractivity (Wildman–Crippen MR) is 94.5 cm³/mol. The zero-order valence-corrected chi connectivity index (χ0v) is 15.0. The van der Waals surface area contributed by atoms with E-state index >= 15 is 0 Å². The molecule has 3 nitrogen and oxygen atoms in total. The second-order valence-corrected chi connectivity index (χ2v) is 8.90. The van der Waals surface area contributed by atoms with Crippen molar-refractivity contribution in [3.63, 3.8) is 0 Å². The Morgan fingerprint density at radius 1 is 1.48 bits per heavy atom. The van der Waals surface area contributed by atoms with Gasteiger partial charge < -0.3 is 10.2 Å². The fourth-order valence-corrected chi connectivity index (χ4v) is 3.77. The predicted octanol–water partition coefficient (Wildman–Crippen LogP) is 3.81. The Bertz CT molecular complexity index is 477. The molecule has 0 bridgehead atoms. The van der Waals surface area contributed by atoms with Gasteiger partial charge >= 0.3 is 0 Å². The van der Waals surface area contributed by atoms with E-state index in [2.05, 4.69) is 49.0 Å². The Hall–Kier alpha value is -0.450. The molecule has 5 heteroatoms. The van der Waals surface area contributed by atoms with E-state index in [0.717, 1.165) is 48.3 Å². The number of nitrogens with zero attached hydrogens (tertiary/aromatic N) is 2. The Labute approximate surface area is 137 Å². The molecule has 1 fully saturated rings. The second kappa shape index (κ2) is 7.21. The molecule has 0 aliphatic carbocycles. The molecule has 21 heavy (non-hydrogen) atoms. The molecule has 0 amide bonds. The van der Waals surface area contributed by atoms with Gasteiger partial charge in [0.1, 0.15) is 5.82 Å². The van der Waals surface area contributed by atoms with Crippen molar-refractivity contribution in [3.05, 3.63) is 22.8 Å². The third-order valence-corrected chi connectivity index (χ3v) is 5.18. The summed E-state index contributed by atoms with van der Waals surface area (Å²) in [6.45, 7) is 12.9. The number of nitrogens with one attached hydrogen (secondary N) is 1. The minimum Gasteiger partial charge on any atom is -0.354 e. The molecule has 118 valence electrons. The number of hydrogen-bond acceptors (Lipinski definition) is 4. The topological polar surface area (TPSA) is 28.2 Å². The molecule has 2 heterocycles. The van der Waals surface area contributed by atoms with Gasteiger partial charge in [0.15, 0.2) is 0 Å². The summed E-state index contributed by atoms with van der Waals surface area (Å²) in [4.78, 5) is 6.90. The molecule has 1 aromatic heterocycles. The highest BCUT2D eigenvalue weighted by Gasteiger charge is 2.27. The van der Waals surface area contributed by atoms with Crippen LogP contribution >= 0.6 is 23.4 Å². The molecular weight excluding hydrogens is 302 g/mol. The summed E-state index contributed by atoms with van der Waals surface area (Å²) in [5, 5.41) is 4.20. The number of anilines is 1. The van der Waals surface area contributed by atoms with Gasteiger partial charge in [0.2, 0.25) is 0 Å². The molecule has 0 saturated carbocycles. The number of rotatable bonds is 5. The van der Waals surface area contributed by atoms with Gasteiger partial charge in [0, 0.05) is 36.3 Å². The third kappa shape index (κ3) is 5.04. The SMILES string of the molecule is CC(C)CNCc1cc(N2CCSC(C)(C)C2)ncc1Cl.